The maximum atomic E-state index is 12.9. The standard InChI is InChI=1S/C16H12F6N2O4S/c1-28-12-7-11(2-3-13(12)29(23,26)27)24-14(25)8-4-9(15(17,18)19)6-10(5-8)16(20,21)22/h2-7H,1H3,(H,24,25)(H2,23,26,27). The van der Waals surface area contributed by atoms with E-state index >= 15 is 0 Å². The van der Waals surface area contributed by atoms with Gasteiger partial charge < -0.3 is 10.1 Å². The van der Waals surface area contributed by atoms with Crippen molar-refractivity contribution in [2.24, 2.45) is 5.14 Å². The molecule has 0 heterocycles. The minimum absolute atomic E-state index is 0.110. The average molecular weight is 442 g/mol. The van der Waals surface area contributed by atoms with E-state index in [0.717, 1.165) is 25.3 Å². The lowest BCUT2D eigenvalue weighted by molar-refractivity contribution is -0.143. The third-order valence-electron chi connectivity index (χ3n) is 3.58. The van der Waals surface area contributed by atoms with E-state index in [2.05, 4.69) is 5.32 Å². The number of rotatable bonds is 4. The van der Waals surface area contributed by atoms with Crippen molar-refractivity contribution in [3.8, 4) is 5.75 Å². The van der Waals surface area contributed by atoms with E-state index in [1.807, 2.05) is 0 Å². The number of sulfonamides is 1. The first-order valence-corrected chi connectivity index (χ1v) is 8.99. The summed E-state index contributed by atoms with van der Waals surface area (Å²) in [6, 6.07) is 3.41. The molecule has 0 saturated heterocycles. The number of amides is 1. The predicted molar refractivity (Wildman–Crippen MR) is 88.8 cm³/mol. The van der Waals surface area contributed by atoms with Crippen molar-refractivity contribution >= 4 is 21.6 Å². The molecule has 0 bridgehead atoms. The zero-order valence-corrected chi connectivity index (χ0v) is 15.2. The molecule has 0 unspecified atom stereocenters. The Labute approximate surface area is 160 Å². The summed E-state index contributed by atoms with van der Waals surface area (Å²) in [5.41, 5.74) is -4.36. The molecule has 13 heteroatoms. The summed E-state index contributed by atoms with van der Waals surface area (Å²) in [7, 11) is -3.08. The summed E-state index contributed by atoms with van der Waals surface area (Å²) < 4.78 is 105. The third kappa shape index (κ3) is 5.38. The van der Waals surface area contributed by atoms with Gasteiger partial charge >= 0.3 is 12.4 Å². The van der Waals surface area contributed by atoms with Crippen molar-refractivity contribution < 1.29 is 44.3 Å². The molecule has 1 amide bonds. The summed E-state index contributed by atoms with van der Waals surface area (Å²) >= 11 is 0. The highest BCUT2D eigenvalue weighted by atomic mass is 32.2. The van der Waals surface area contributed by atoms with Crippen LogP contribution in [0.3, 0.4) is 0 Å². The molecule has 29 heavy (non-hydrogen) atoms. The topological polar surface area (TPSA) is 98.5 Å². The SMILES string of the molecule is COc1cc(NC(=O)c2cc(C(F)(F)F)cc(C(F)(F)F)c2)ccc1S(N)(=O)=O. The molecule has 2 rings (SSSR count). The van der Waals surface area contributed by atoms with Crippen LogP contribution in [-0.4, -0.2) is 21.4 Å². The lowest BCUT2D eigenvalue weighted by Gasteiger charge is -2.14. The number of methoxy groups -OCH3 is 1. The molecule has 2 aromatic carbocycles. The van der Waals surface area contributed by atoms with Gasteiger partial charge in [0.15, 0.2) is 0 Å². The Morgan fingerprint density at radius 2 is 1.48 bits per heavy atom. The lowest BCUT2D eigenvalue weighted by Crippen LogP contribution is -2.17. The summed E-state index contributed by atoms with van der Waals surface area (Å²) in [5.74, 6) is -1.57. The minimum Gasteiger partial charge on any atom is -0.495 e. The fraction of sp³-hybridized carbons (Fsp3) is 0.188. The number of benzene rings is 2. The van der Waals surface area contributed by atoms with E-state index in [0.29, 0.717) is 0 Å². The second-order valence-electron chi connectivity index (χ2n) is 5.66. The molecule has 2 aromatic rings. The van der Waals surface area contributed by atoms with E-state index in [9.17, 15) is 39.6 Å². The van der Waals surface area contributed by atoms with Crippen molar-refractivity contribution in [2.45, 2.75) is 17.2 Å². The fourth-order valence-electron chi connectivity index (χ4n) is 2.27. The summed E-state index contributed by atoms with van der Waals surface area (Å²) in [6.07, 6.45) is -10.2. The van der Waals surface area contributed by atoms with E-state index < -0.39 is 49.9 Å². The van der Waals surface area contributed by atoms with Gasteiger partial charge in [-0.05, 0) is 30.3 Å². The number of nitrogens with one attached hydrogen (secondary N) is 1. The Kier molecular flexibility index (Phi) is 5.86. The first-order chi connectivity index (χ1) is 13.1. The quantitative estimate of drug-likeness (QED) is 0.707. The van der Waals surface area contributed by atoms with Crippen molar-refractivity contribution in [1.82, 2.24) is 0 Å². The predicted octanol–water partition coefficient (Wildman–Crippen LogP) is 3.63. The zero-order chi connectivity index (χ0) is 22.2. The van der Waals surface area contributed by atoms with E-state index in [1.54, 1.807) is 0 Å². The van der Waals surface area contributed by atoms with Gasteiger partial charge in [-0.2, -0.15) is 26.3 Å². The Morgan fingerprint density at radius 1 is 0.966 bits per heavy atom. The molecule has 6 nitrogen and oxygen atoms in total. The second kappa shape index (κ2) is 7.55. The van der Waals surface area contributed by atoms with Crippen LogP contribution in [-0.2, 0) is 22.4 Å². The Balaban J connectivity index is 2.45. The van der Waals surface area contributed by atoms with Crippen LogP contribution < -0.4 is 15.2 Å². The largest absolute Gasteiger partial charge is 0.495 e. The lowest BCUT2D eigenvalue weighted by atomic mass is 10.0. The molecule has 0 saturated carbocycles. The number of anilines is 1. The molecule has 0 radical (unpaired) electrons. The maximum Gasteiger partial charge on any atom is 0.416 e. The molecular formula is C16H12F6N2O4S. The number of carbonyl (C=O) groups excluding carboxylic acids is 1. The Hall–Kier alpha value is -2.80. The van der Waals surface area contributed by atoms with Crippen molar-refractivity contribution in [3.63, 3.8) is 0 Å². The summed E-state index contributed by atoms with van der Waals surface area (Å²) in [6.45, 7) is 0. The van der Waals surface area contributed by atoms with Gasteiger partial charge in [-0.3, -0.25) is 4.79 Å². The van der Waals surface area contributed by atoms with Gasteiger partial charge in [0, 0.05) is 17.3 Å². The summed E-state index contributed by atoms with van der Waals surface area (Å²) in [5, 5.41) is 7.06. The second-order valence-corrected chi connectivity index (χ2v) is 7.19. The maximum absolute atomic E-state index is 12.9. The first-order valence-electron chi connectivity index (χ1n) is 7.44. The molecule has 158 valence electrons. The van der Waals surface area contributed by atoms with Gasteiger partial charge in [-0.25, -0.2) is 13.6 Å². The van der Waals surface area contributed by atoms with Crippen LogP contribution >= 0.6 is 0 Å². The van der Waals surface area contributed by atoms with Gasteiger partial charge in [0.1, 0.15) is 10.6 Å². The highest BCUT2D eigenvalue weighted by molar-refractivity contribution is 7.89. The third-order valence-corrected chi connectivity index (χ3v) is 4.53. The average Bonchev–Trinajstić information content (AvgIpc) is 2.58. The molecular weight excluding hydrogens is 430 g/mol. The van der Waals surface area contributed by atoms with Crippen LogP contribution in [0.2, 0.25) is 0 Å². The van der Waals surface area contributed by atoms with Crippen LogP contribution in [0.1, 0.15) is 21.5 Å². The molecule has 0 aromatic heterocycles. The van der Waals surface area contributed by atoms with Crippen LogP contribution in [0.5, 0.6) is 5.75 Å². The van der Waals surface area contributed by atoms with Crippen LogP contribution in [0.25, 0.3) is 0 Å². The first kappa shape index (κ1) is 22.5. The Bertz CT molecular complexity index is 1020. The van der Waals surface area contributed by atoms with Gasteiger partial charge in [0.2, 0.25) is 10.0 Å². The van der Waals surface area contributed by atoms with Gasteiger partial charge in [0.25, 0.3) is 5.91 Å². The zero-order valence-electron chi connectivity index (χ0n) is 14.4. The Morgan fingerprint density at radius 3 is 1.90 bits per heavy atom. The number of ether oxygens (including phenoxy) is 1. The highest BCUT2D eigenvalue weighted by Crippen LogP contribution is 2.36. The van der Waals surface area contributed by atoms with Crippen LogP contribution in [0, 0.1) is 0 Å². The molecule has 0 atom stereocenters. The van der Waals surface area contributed by atoms with Gasteiger partial charge in [0.05, 0.1) is 18.2 Å². The number of primary sulfonamides is 1. The smallest absolute Gasteiger partial charge is 0.416 e. The van der Waals surface area contributed by atoms with Crippen LogP contribution in [0.4, 0.5) is 32.0 Å². The van der Waals surface area contributed by atoms with Crippen LogP contribution in [0.15, 0.2) is 41.3 Å². The summed E-state index contributed by atoms with van der Waals surface area (Å²) in [4.78, 5) is 11.8. The number of nitrogens with two attached hydrogens (primary N) is 1. The fourth-order valence-corrected chi connectivity index (χ4v) is 2.95. The monoisotopic (exact) mass is 442 g/mol. The number of halogens is 6. The molecule has 0 spiro atoms. The van der Waals surface area contributed by atoms with E-state index in [-0.39, 0.29) is 29.6 Å². The molecule has 0 aliphatic rings. The molecule has 0 aliphatic heterocycles. The highest BCUT2D eigenvalue weighted by Gasteiger charge is 2.37. The number of alkyl halides is 6. The number of hydrogen-bond acceptors (Lipinski definition) is 4. The van der Waals surface area contributed by atoms with E-state index in [1.165, 1.54) is 0 Å². The molecule has 0 aliphatic carbocycles. The van der Waals surface area contributed by atoms with Crippen molar-refractivity contribution in [3.05, 3.63) is 53.1 Å². The normalized spacial score (nSPS) is 12.6. The minimum atomic E-state index is -5.11. The van der Waals surface area contributed by atoms with Gasteiger partial charge in [-0.1, -0.05) is 0 Å². The van der Waals surface area contributed by atoms with Crippen molar-refractivity contribution in [1.29, 1.82) is 0 Å². The van der Waals surface area contributed by atoms with E-state index in [4.69, 9.17) is 9.88 Å². The molecule has 0 fully saturated rings. The van der Waals surface area contributed by atoms with Crippen molar-refractivity contribution in [2.75, 3.05) is 12.4 Å². The number of hydrogen-bond donors (Lipinski definition) is 2. The van der Waals surface area contributed by atoms with Gasteiger partial charge in [-0.15, -0.1) is 0 Å². The number of carbonyl (C=O) groups is 1. The molecule has 3 N–H and O–H groups in total.